The highest BCUT2D eigenvalue weighted by Gasteiger charge is 2.35. The number of fused-ring (bicyclic) bond motifs is 1. The van der Waals surface area contributed by atoms with Crippen LogP contribution in [0.3, 0.4) is 0 Å². The van der Waals surface area contributed by atoms with Crippen LogP contribution in [0.4, 0.5) is 0 Å². The second-order valence-electron chi connectivity index (χ2n) is 3.92. The number of Topliss-reactive ketones (excluding diaryl/α,β-unsaturated/α-hetero) is 1. The van der Waals surface area contributed by atoms with Crippen molar-refractivity contribution in [1.29, 1.82) is 0 Å². The average molecular weight is 204 g/mol. The van der Waals surface area contributed by atoms with E-state index in [1.807, 2.05) is 38.1 Å². The van der Waals surface area contributed by atoms with Crippen LogP contribution >= 0.6 is 11.8 Å². The Hall–Kier alpha value is -1.02. The third-order valence-electron chi connectivity index (χ3n) is 2.50. The monoisotopic (exact) mass is 204 g/mol. The molecule has 2 rings (SSSR count). The van der Waals surface area contributed by atoms with Crippen LogP contribution in [0.2, 0.25) is 0 Å². The molecule has 1 heterocycles. The molecule has 0 aliphatic carbocycles. The van der Waals surface area contributed by atoms with Gasteiger partial charge in [-0.2, -0.15) is 0 Å². The maximum Gasteiger partial charge on any atom is 0.190 e. The van der Waals surface area contributed by atoms with Crippen LogP contribution in [0.25, 0.3) is 0 Å². The zero-order chi connectivity index (χ0) is 10.3. The molecule has 1 aliphatic heterocycles. The van der Waals surface area contributed by atoms with E-state index >= 15 is 0 Å². The molecular weight excluding hydrogens is 192 g/mol. The van der Waals surface area contributed by atoms with Crippen LogP contribution < -0.4 is 0 Å². The number of hydrogen-bond acceptors (Lipinski definition) is 2. The lowest BCUT2D eigenvalue weighted by molar-refractivity contribution is 0.102. The van der Waals surface area contributed by atoms with E-state index in [1.54, 1.807) is 11.8 Å². The van der Waals surface area contributed by atoms with Gasteiger partial charge in [0.15, 0.2) is 5.78 Å². The normalized spacial score (nSPS) is 19.3. The van der Waals surface area contributed by atoms with E-state index in [2.05, 4.69) is 6.58 Å². The van der Waals surface area contributed by atoms with Gasteiger partial charge in [0.05, 0.1) is 0 Å². The lowest BCUT2D eigenvalue weighted by Crippen LogP contribution is -2.28. The number of thioether (sulfide) groups is 1. The maximum absolute atomic E-state index is 11.9. The summed E-state index contributed by atoms with van der Waals surface area (Å²) in [6.45, 7) is 7.95. The summed E-state index contributed by atoms with van der Waals surface area (Å²) in [5, 5.41) is 0. The van der Waals surface area contributed by atoms with Crippen molar-refractivity contribution >= 4 is 17.5 Å². The van der Waals surface area contributed by atoms with Gasteiger partial charge in [-0.15, -0.1) is 11.8 Å². The van der Waals surface area contributed by atoms with Crippen molar-refractivity contribution in [3.05, 3.63) is 42.0 Å². The molecule has 1 aliphatic rings. The van der Waals surface area contributed by atoms with Gasteiger partial charge in [0.25, 0.3) is 0 Å². The fourth-order valence-electron chi connectivity index (χ4n) is 1.52. The highest BCUT2D eigenvalue weighted by Crippen LogP contribution is 2.44. The van der Waals surface area contributed by atoms with Crippen molar-refractivity contribution in [1.82, 2.24) is 0 Å². The first kappa shape index (κ1) is 9.53. The average Bonchev–Trinajstić information content (AvgIpc) is 2.14. The SMILES string of the molecule is C=C1C(=O)c2ccccc2SC1(C)C. The summed E-state index contributed by atoms with van der Waals surface area (Å²) in [6.07, 6.45) is 0. The second kappa shape index (κ2) is 2.99. The maximum atomic E-state index is 11.9. The Balaban J connectivity index is 2.59. The van der Waals surface area contributed by atoms with Gasteiger partial charge in [0, 0.05) is 20.8 Å². The first-order valence-corrected chi connectivity index (χ1v) is 5.36. The fourth-order valence-corrected chi connectivity index (χ4v) is 2.70. The molecule has 72 valence electrons. The van der Waals surface area contributed by atoms with Crippen LogP contribution in [-0.2, 0) is 0 Å². The summed E-state index contributed by atoms with van der Waals surface area (Å²) in [4.78, 5) is 13.0. The van der Waals surface area contributed by atoms with Crippen LogP contribution in [-0.4, -0.2) is 10.5 Å². The molecule has 0 unspecified atom stereocenters. The minimum absolute atomic E-state index is 0.0874. The van der Waals surface area contributed by atoms with Gasteiger partial charge in [-0.25, -0.2) is 0 Å². The van der Waals surface area contributed by atoms with Gasteiger partial charge in [-0.05, 0) is 26.0 Å². The zero-order valence-electron chi connectivity index (χ0n) is 8.33. The van der Waals surface area contributed by atoms with Gasteiger partial charge < -0.3 is 0 Å². The molecular formula is C12H12OS. The first-order chi connectivity index (χ1) is 6.52. The lowest BCUT2D eigenvalue weighted by atomic mass is 9.94. The quantitative estimate of drug-likeness (QED) is 0.603. The Bertz CT molecular complexity index is 418. The molecule has 1 aromatic rings. The van der Waals surface area contributed by atoms with E-state index in [-0.39, 0.29) is 10.5 Å². The van der Waals surface area contributed by atoms with E-state index < -0.39 is 0 Å². The van der Waals surface area contributed by atoms with E-state index in [1.165, 1.54) is 0 Å². The number of carbonyl (C=O) groups is 1. The fraction of sp³-hybridized carbons (Fsp3) is 0.250. The van der Waals surface area contributed by atoms with E-state index in [9.17, 15) is 4.79 Å². The summed E-state index contributed by atoms with van der Waals surface area (Å²) in [6, 6.07) is 7.71. The molecule has 0 fully saturated rings. The van der Waals surface area contributed by atoms with Crippen molar-refractivity contribution in [2.45, 2.75) is 23.5 Å². The summed E-state index contributed by atoms with van der Waals surface area (Å²) >= 11 is 1.71. The summed E-state index contributed by atoms with van der Waals surface area (Å²) in [5.41, 5.74) is 1.49. The molecule has 0 saturated heterocycles. The molecule has 1 nitrogen and oxygen atoms in total. The van der Waals surface area contributed by atoms with E-state index in [0.717, 1.165) is 10.5 Å². The molecule has 0 saturated carbocycles. The lowest BCUT2D eigenvalue weighted by Gasteiger charge is -2.31. The summed E-state index contributed by atoms with van der Waals surface area (Å²) < 4.78 is -0.175. The van der Waals surface area contributed by atoms with Gasteiger partial charge in [0.1, 0.15) is 0 Å². The molecule has 0 atom stereocenters. The number of carbonyl (C=O) groups excluding carboxylic acids is 1. The molecule has 1 aromatic carbocycles. The predicted octanol–water partition coefficient (Wildman–Crippen LogP) is 3.31. The number of rotatable bonds is 0. The Labute approximate surface area is 88.2 Å². The third-order valence-corrected chi connectivity index (χ3v) is 3.83. The van der Waals surface area contributed by atoms with E-state index in [0.29, 0.717) is 5.57 Å². The van der Waals surface area contributed by atoms with Crippen molar-refractivity contribution in [2.24, 2.45) is 0 Å². The molecule has 0 amide bonds. The molecule has 2 heteroatoms. The highest BCUT2D eigenvalue weighted by molar-refractivity contribution is 8.01. The molecule has 0 bridgehead atoms. The van der Waals surface area contributed by atoms with Crippen LogP contribution in [0.15, 0.2) is 41.3 Å². The number of benzene rings is 1. The third kappa shape index (κ3) is 1.30. The molecule has 0 aromatic heterocycles. The van der Waals surface area contributed by atoms with Gasteiger partial charge >= 0.3 is 0 Å². The number of ketones is 1. The summed E-state index contributed by atoms with van der Waals surface area (Å²) in [7, 11) is 0. The topological polar surface area (TPSA) is 17.1 Å². The summed E-state index contributed by atoms with van der Waals surface area (Å²) in [5.74, 6) is 0.0874. The smallest absolute Gasteiger partial charge is 0.190 e. The van der Waals surface area contributed by atoms with E-state index in [4.69, 9.17) is 0 Å². The first-order valence-electron chi connectivity index (χ1n) is 4.54. The second-order valence-corrected chi connectivity index (χ2v) is 5.58. The zero-order valence-corrected chi connectivity index (χ0v) is 9.15. The minimum atomic E-state index is -0.175. The van der Waals surface area contributed by atoms with Crippen molar-refractivity contribution in [2.75, 3.05) is 0 Å². The highest BCUT2D eigenvalue weighted by atomic mass is 32.2. The van der Waals surface area contributed by atoms with Crippen molar-refractivity contribution in [3.8, 4) is 0 Å². The minimum Gasteiger partial charge on any atom is -0.289 e. The van der Waals surface area contributed by atoms with Gasteiger partial charge in [-0.1, -0.05) is 18.7 Å². The van der Waals surface area contributed by atoms with Crippen LogP contribution in [0.5, 0.6) is 0 Å². The van der Waals surface area contributed by atoms with Crippen LogP contribution in [0.1, 0.15) is 24.2 Å². The van der Waals surface area contributed by atoms with Crippen molar-refractivity contribution < 1.29 is 4.79 Å². The number of hydrogen-bond donors (Lipinski definition) is 0. The van der Waals surface area contributed by atoms with Crippen LogP contribution in [0, 0.1) is 0 Å². The Morgan fingerprint density at radius 3 is 2.64 bits per heavy atom. The Morgan fingerprint density at radius 1 is 1.29 bits per heavy atom. The molecule has 0 radical (unpaired) electrons. The standard InChI is InChI=1S/C12H12OS/c1-8-11(13)9-6-4-5-7-10(9)14-12(8,2)3/h4-7H,1H2,2-3H3. The molecule has 14 heavy (non-hydrogen) atoms. The van der Waals surface area contributed by atoms with Gasteiger partial charge in [-0.3, -0.25) is 4.79 Å². The Kier molecular flexibility index (Phi) is 2.04. The van der Waals surface area contributed by atoms with Gasteiger partial charge in [0.2, 0.25) is 0 Å². The Morgan fingerprint density at radius 2 is 1.93 bits per heavy atom. The largest absolute Gasteiger partial charge is 0.289 e. The molecule has 0 spiro atoms. The predicted molar refractivity (Wildman–Crippen MR) is 59.8 cm³/mol. The molecule has 0 N–H and O–H groups in total. The van der Waals surface area contributed by atoms with Crippen molar-refractivity contribution in [3.63, 3.8) is 0 Å².